The van der Waals surface area contributed by atoms with Crippen molar-refractivity contribution < 1.29 is 18.3 Å². The smallest absolute Gasteiger partial charge is 0.304 e. The van der Waals surface area contributed by atoms with Crippen molar-refractivity contribution in [2.75, 3.05) is 13.6 Å². The Hall–Kier alpha value is -1.91. The molecular formula is C12H14N2O4S. The molecule has 0 aliphatic rings. The molecule has 102 valence electrons. The van der Waals surface area contributed by atoms with E-state index in [0.717, 1.165) is 4.31 Å². The van der Waals surface area contributed by atoms with Gasteiger partial charge in [0.25, 0.3) is 0 Å². The van der Waals surface area contributed by atoms with Gasteiger partial charge in [-0.05, 0) is 17.7 Å². The van der Waals surface area contributed by atoms with E-state index in [-0.39, 0.29) is 18.7 Å². The van der Waals surface area contributed by atoms with E-state index in [1.165, 1.54) is 13.1 Å². The van der Waals surface area contributed by atoms with E-state index >= 15 is 0 Å². The second-order valence-corrected chi connectivity index (χ2v) is 6.11. The molecule has 0 saturated heterocycles. The van der Waals surface area contributed by atoms with Gasteiger partial charge in [0.05, 0.1) is 23.8 Å². The SMILES string of the molecule is CN(CCC(=O)O)S(=O)(=O)Cc1cccc(C#N)c1. The molecule has 0 bridgehead atoms. The van der Waals surface area contributed by atoms with Crippen molar-refractivity contribution in [3.63, 3.8) is 0 Å². The first-order valence-corrected chi connectivity index (χ1v) is 7.11. The molecule has 0 aliphatic heterocycles. The molecule has 0 amide bonds. The summed E-state index contributed by atoms with van der Waals surface area (Å²) in [4.78, 5) is 10.4. The maximum absolute atomic E-state index is 12.0. The number of rotatable bonds is 6. The van der Waals surface area contributed by atoms with Gasteiger partial charge in [0.15, 0.2) is 0 Å². The minimum atomic E-state index is -3.57. The van der Waals surface area contributed by atoms with E-state index in [4.69, 9.17) is 10.4 Å². The molecule has 0 spiro atoms. The first-order valence-electron chi connectivity index (χ1n) is 5.50. The molecule has 0 unspecified atom stereocenters. The monoisotopic (exact) mass is 282 g/mol. The van der Waals surface area contributed by atoms with Crippen LogP contribution in [0.4, 0.5) is 0 Å². The Kier molecular flexibility index (Phi) is 5.03. The zero-order valence-electron chi connectivity index (χ0n) is 10.4. The molecule has 0 aliphatic carbocycles. The Labute approximate surface area is 111 Å². The van der Waals surface area contributed by atoms with Crippen molar-refractivity contribution in [1.29, 1.82) is 5.26 Å². The number of hydrogen-bond acceptors (Lipinski definition) is 4. The first kappa shape index (κ1) is 15.1. The van der Waals surface area contributed by atoms with Crippen LogP contribution >= 0.6 is 0 Å². The highest BCUT2D eigenvalue weighted by Gasteiger charge is 2.19. The van der Waals surface area contributed by atoms with Crippen LogP contribution in [-0.4, -0.2) is 37.4 Å². The van der Waals surface area contributed by atoms with E-state index in [0.29, 0.717) is 11.1 Å². The van der Waals surface area contributed by atoms with Crippen LogP contribution in [0.1, 0.15) is 17.5 Å². The summed E-state index contributed by atoms with van der Waals surface area (Å²) in [6.45, 7) is -0.0738. The number of carboxylic acids is 1. The molecule has 0 radical (unpaired) electrons. The Balaban J connectivity index is 2.78. The lowest BCUT2D eigenvalue weighted by molar-refractivity contribution is -0.137. The summed E-state index contributed by atoms with van der Waals surface area (Å²) >= 11 is 0. The van der Waals surface area contributed by atoms with Gasteiger partial charge in [-0.2, -0.15) is 5.26 Å². The predicted octanol–water partition coefficient (Wildman–Crippen LogP) is 0.795. The van der Waals surface area contributed by atoms with Crippen molar-refractivity contribution in [1.82, 2.24) is 4.31 Å². The quantitative estimate of drug-likeness (QED) is 0.831. The van der Waals surface area contributed by atoms with E-state index in [1.54, 1.807) is 18.2 Å². The number of aliphatic carboxylic acids is 1. The molecule has 0 saturated carbocycles. The largest absolute Gasteiger partial charge is 0.481 e. The summed E-state index contributed by atoms with van der Waals surface area (Å²) in [6.07, 6.45) is -0.242. The third kappa shape index (κ3) is 4.69. The van der Waals surface area contributed by atoms with Crippen LogP contribution in [0.25, 0.3) is 0 Å². The van der Waals surface area contributed by atoms with Crippen LogP contribution < -0.4 is 0 Å². The molecule has 7 heteroatoms. The summed E-state index contributed by atoms with van der Waals surface area (Å²) in [6, 6.07) is 8.25. The number of nitrogens with zero attached hydrogens (tertiary/aromatic N) is 2. The van der Waals surface area contributed by atoms with Crippen LogP contribution in [0.15, 0.2) is 24.3 Å². The number of sulfonamides is 1. The Morgan fingerprint density at radius 3 is 2.74 bits per heavy atom. The zero-order valence-corrected chi connectivity index (χ0v) is 11.2. The highest BCUT2D eigenvalue weighted by molar-refractivity contribution is 7.88. The average Bonchev–Trinajstić information content (AvgIpc) is 2.35. The van der Waals surface area contributed by atoms with E-state index in [2.05, 4.69) is 0 Å². The van der Waals surface area contributed by atoms with Gasteiger partial charge in [-0.1, -0.05) is 12.1 Å². The third-order valence-electron chi connectivity index (χ3n) is 2.52. The maximum atomic E-state index is 12.0. The van der Waals surface area contributed by atoms with Gasteiger partial charge < -0.3 is 5.11 Å². The Bertz CT molecular complexity index is 604. The normalized spacial score (nSPS) is 11.2. The van der Waals surface area contributed by atoms with Gasteiger partial charge in [0.2, 0.25) is 10.0 Å². The fraction of sp³-hybridized carbons (Fsp3) is 0.333. The van der Waals surface area contributed by atoms with Crippen molar-refractivity contribution >= 4 is 16.0 Å². The van der Waals surface area contributed by atoms with Gasteiger partial charge in [0.1, 0.15) is 0 Å². The molecule has 6 nitrogen and oxygen atoms in total. The predicted molar refractivity (Wildman–Crippen MR) is 68.7 cm³/mol. The van der Waals surface area contributed by atoms with Gasteiger partial charge in [-0.15, -0.1) is 0 Å². The molecular weight excluding hydrogens is 268 g/mol. The molecule has 0 heterocycles. The third-order valence-corrected chi connectivity index (χ3v) is 4.35. The molecule has 0 atom stereocenters. The van der Waals surface area contributed by atoms with E-state index in [9.17, 15) is 13.2 Å². The van der Waals surface area contributed by atoms with Crippen LogP contribution in [-0.2, 0) is 20.6 Å². The molecule has 1 aromatic rings. The lowest BCUT2D eigenvalue weighted by Gasteiger charge is -2.16. The average molecular weight is 282 g/mol. The Morgan fingerprint density at radius 1 is 1.47 bits per heavy atom. The number of nitriles is 1. The van der Waals surface area contributed by atoms with Crippen molar-refractivity contribution in [2.45, 2.75) is 12.2 Å². The van der Waals surface area contributed by atoms with Gasteiger partial charge >= 0.3 is 5.97 Å². The Morgan fingerprint density at radius 2 is 2.16 bits per heavy atom. The number of carboxylic acid groups (broad SMARTS) is 1. The minimum Gasteiger partial charge on any atom is -0.481 e. The summed E-state index contributed by atoms with van der Waals surface area (Å²) in [5, 5.41) is 17.3. The second-order valence-electron chi connectivity index (χ2n) is 4.03. The summed E-state index contributed by atoms with van der Waals surface area (Å²) in [7, 11) is -2.23. The molecule has 1 aromatic carbocycles. The highest BCUT2D eigenvalue weighted by Crippen LogP contribution is 2.11. The summed E-state index contributed by atoms with van der Waals surface area (Å²) in [5.41, 5.74) is 0.891. The van der Waals surface area contributed by atoms with Crippen molar-refractivity contribution in [3.8, 4) is 6.07 Å². The standard InChI is InChI=1S/C12H14N2O4S/c1-14(6-5-12(15)16)19(17,18)9-11-4-2-3-10(7-11)8-13/h2-4,7H,5-6,9H2,1H3,(H,15,16). The maximum Gasteiger partial charge on any atom is 0.304 e. The van der Waals surface area contributed by atoms with Gasteiger partial charge in [-0.25, -0.2) is 12.7 Å². The van der Waals surface area contributed by atoms with Crippen LogP contribution in [0.5, 0.6) is 0 Å². The fourth-order valence-electron chi connectivity index (χ4n) is 1.44. The van der Waals surface area contributed by atoms with Crippen molar-refractivity contribution in [3.05, 3.63) is 35.4 Å². The molecule has 0 fully saturated rings. The topological polar surface area (TPSA) is 98.5 Å². The first-order chi connectivity index (χ1) is 8.85. The highest BCUT2D eigenvalue weighted by atomic mass is 32.2. The molecule has 1 rings (SSSR count). The molecule has 1 N–H and O–H groups in total. The zero-order chi connectivity index (χ0) is 14.5. The van der Waals surface area contributed by atoms with E-state index in [1.807, 2.05) is 6.07 Å². The lowest BCUT2D eigenvalue weighted by Crippen LogP contribution is -2.30. The van der Waals surface area contributed by atoms with Gasteiger partial charge in [-0.3, -0.25) is 4.79 Å². The number of benzene rings is 1. The second kappa shape index (κ2) is 6.31. The van der Waals surface area contributed by atoms with Crippen molar-refractivity contribution in [2.24, 2.45) is 0 Å². The van der Waals surface area contributed by atoms with E-state index < -0.39 is 16.0 Å². The van der Waals surface area contributed by atoms with Crippen LogP contribution in [0.2, 0.25) is 0 Å². The van der Waals surface area contributed by atoms with Crippen LogP contribution in [0, 0.1) is 11.3 Å². The molecule has 19 heavy (non-hydrogen) atoms. The summed E-state index contributed by atoms with van der Waals surface area (Å²) in [5.74, 6) is -1.30. The lowest BCUT2D eigenvalue weighted by atomic mass is 10.2. The summed E-state index contributed by atoms with van der Waals surface area (Å²) < 4.78 is 24.9. The fourth-order valence-corrected chi connectivity index (χ4v) is 2.63. The minimum absolute atomic E-state index is 0.0738. The van der Waals surface area contributed by atoms with Gasteiger partial charge in [0, 0.05) is 13.6 Å². The molecule has 0 aromatic heterocycles. The number of carbonyl (C=O) groups is 1. The van der Waals surface area contributed by atoms with Crippen LogP contribution in [0.3, 0.4) is 0 Å². The number of hydrogen-bond donors (Lipinski definition) is 1.